The molecule has 1 aliphatic heterocycles. The Morgan fingerprint density at radius 2 is 1.95 bits per heavy atom. The molecule has 5 rings (SSSR count). The highest BCUT2D eigenvalue weighted by molar-refractivity contribution is 7.18. The Balaban J connectivity index is 1.44. The van der Waals surface area contributed by atoms with Crippen LogP contribution in [-0.2, 0) is 11.2 Å². The van der Waals surface area contributed by atoms with Gasteiger partial charge in [0.1, 0.15) is 0 Å². The number of anilines is 1. The number of carbonyl (C=O) groups excluding carboxylic acids is 2. The third-order valence-corrected chi connectivity index (χ3v) is 7.62. The van der Waals surface area contributed by atoms with Crippen molar-refractivity contribution < 1.29 is 9.59 Å². The average molecular weight is 537 g/mol. The van der Waals surface area contributed by atoms with Crippen LogP contribution in [0.4, 0.5) is 5.69 Å². The van der Waals surface area contributed by atoms with Gasteiger partial charge in [-0.15, -0.1) is 16.4 Å². The summed E-state index contributed by atoms with van der Waals surface area (Å²) in [6.07, 6.45) is 4.25. The molecule has 1 aliphatic rings. The number of halogens is 1. The van der Waals surface area contributed by atoms with E-state index in [-0.39, 0.29) is 23.8 Å². The Bertz CT molecular complexity index is 1510. The zero-order chi connectivity index (χ0) is 25.9. The molecule has 4 heterocycles. The zero-order valence-electron chi connectivity index (χ0n) is 20.2. The maximum absolute atomic E-state index is 12.7. The van der Waals surface area contributed by atoms with Crippen molar-refractivity contribution in [2.24, 2.45) is 0 Å². The summed E-state index contributed by atoms with van der Waals surface area (Å²) >= 11 is 7.22. The largest absolute Gasteiger partial charge is 0.359 e. The molecule has 1 saturated heterocycles. The van der Waals surface area contributed by atoms with E-state index in [4.69, 9.17) is 11.6 Å². The highest BCUT2D eigenvalue weighted by Gasteiger charge is 2.25. The van der Waals surface area contributed by atoms with Crippen molar-refractivity contribution in [3.05, 3.63) is 86.2 Å². The minimum absolute atomic E-state index is 0.0112. The molecule has 0 radical (unpaired) electrons. The van der Waals surface area contributed by atoms with Crippen molar-refractivity contribution in [2.75, 3.05) is 31.1 Å². The van der Waals surface area contributed by atoms with E-state index in [1.807, 2.05) is 34.9 Å². The Kier molecular flexibility index (Phi) is 7.20. The lowest BCUT2D eigenvalue weighted by Gasteiger charge is -2.36. The number of amides is 1. The molecule has 190 valence electrons. The number of rotatable bonds is 8. The van der Waals surface area contributed by atoms with E-state index in [1.54, 1.807) is 45.9 Å². The van der Waals surface area contributed by atoms with E-state index in [1.165, 1.54) is 17.4 Å². The van der Waals surface area contributed by atoms with Gasteiger partial charge < -0.3 is 9.80 Å². The number of benzene rings is 1. The van der Waals surface area contributed by atoms with Gasteiger partial charge in [0.15, 0.2) is 5.78 Å². The first-order valence-corrected chi connectivity index (χ1v) is 13.2. The predicted molar refractivity (Wildman–Crippen MR) is 143 cm³/mol. The molecule has 0 unspecified atom stereocenters. The number of likely N-dealkylation sites (N-methyl/N-ethyl adjacent to an activating group) is 1. The Labute approximate surface area is 222 Å². The van der Waals surface area contributed by atoms with Crippen LogP contribution in [0.15, 0.2) is 65.7 Å². The van der Waals surface area contributed by atoms with Crippen LogP contribution in [0.25, 0.3) is 11.4 Å². The molecule has 9 nitrogen and oxygen atoms in total. The van der Waals surface area contributed by atoms with Crippen molar-refractivity contribution in [2.45, 2.75) is 19.8 Å². The molecule has 3 aromatic heterocycles. The van der Waals surface area contributed by atoms with Crippen LogP contribution in [0, 0.1) is 0 Å². The zero-order valence-corrected chi connectivity index (χ0v) is 21.8. The van der Waals surface area contributed by atoms with Crippen LogP contribution >= 0.6 is 22.9 Å². The number of piperazine rings is 1. The second-order valence-corrected chi connectivity index (χ2v) is 10.4. The average Bonchev–Trinajstić information content (AvgIpc) is 3.56. The van der Waals surface area contributed by atoms with Gasteiger partial charge in [-0.3, -0.25) is 19.0 Å². The summed E-state index contributed by atoms with van der Waals surface area (Å²) in [6.45, 7) is 4.13. The number of aryl methyl sites for hydroxylation is 1. The van der Waals surface area contributed by atoms with E-state index in [0.29, 0.717) is 53.1 Å². The first kappa shape index (κ1) is 24.9. The van der Waals surface area contributed by atoms with Crippen LogP contribution in [0.3, 0.4) is 0 Å². The molecule has 11 heteroatoms. The Hall–Kier alpha value is -3.76. The van der Waals surface area contributed by atoms with Crippen LogP contribution in [0.2, 0.25) is 4.34 Å². The molecule has 0 bridgehead atoms. The van der Waals surface area contributed by atoms with Crippen molar-refractivity contribution in [1.29, 1.82) is 0 Å². The predicted octanol–water partition coefficient (Wildman–Crippen LogP) is 3.62. The van der Waals surface area contributed by atoms with Gasteiger partial charge in [0.2, 0.25) is 5.91 Å². The SMILES string of the molecule is CCN1CCN(c2cc(-n3ccccc3=O)ccc2-n2cc(CCC(=O)c3ccc(Cl)s3)nn2)CC1=O. The van der Waals surface area contributed by atoms with Crippen LogP contribution in [0.5, 0.6) is 0 Å². The number of carbonyl (C=O) groups is 2. The van der Waals surface area contributed by atoms with E-state index < -0.39 is 0 Å². The van der Waals surface area contributed by atoms with Crippen LogP contribution < -0.4 is 10.5 Å². The molecule has 0 spiro atoms. The van der Waals surface area contributed by atoms with Gasteiger partial charge >= 0.3 is 0 Å². The summed E-state index contributed by atoms with van der Waals surface area (Å²) in [5.74, 6) is 0.0607. The standard InChI is InChI=1S/C26H25ClN6O3S/c1-2-30-13-14-31(17-26(30)36)21-15-19(32-12-4-3-5-25(32)35)7-8-20(21)33-16-18(28-29-33)6-9-22(34)23-10-11-24(27)37-23/h3-5,7-8,10-12,15-16H,2,6,9,13-14,17H2,1H3. The third-order valence-electron chi connectivity index (χ3n) is 6.34. The van der Waals surface area contributed by atoms with E-state index in [0.717, 1.165) is 11.4 Å². The number of thiophene rings is 1. The maximum atomic E-state index is 12.7. The molecule has 37 heavy (non-hydrogen) atoms. The summed E-state index contributed by atoms with van der Waals surface area (Å²) in [6, 6.07) is 14.1. The van der Waals surface area contributed by atoms with Gasteiger partial charge in [-0.25, -0.2) is 4.68 Å². The number of hydrogen-bond acceptors (Lipinski definition) is 7. The number of pyridine rings is 1. The monoisotopic (exact) mass is 536 g/mol. The Morgan fingerprint density at radius 1 is 1.08 bits per heavy atom. The highest BCUT2D eigenvalue weighted by Crippen LogP contribution is 2.29. The van der Waals surface area contributed by atoms with Crippen molar-refractivity contribution >= 4 is 40.3 Å². The lowest BCUT2D eigenvalue weighted by molar-refractivity contribution is -0.130. The summed E-state index contributed by atoms with van der Waals surface area (Å²) < 4.78 is 3.80. The van der Waals surface area contributed by atoms with Gasteiger partial charge in [-0.1, -0.05) is 22.9 Å². The van der Waals surface area contributed by atoms with Gasteiger partial charge in [-0.05, 0) is 43.3 Å². The van der Waals surface area contributed by atoms with E-state index >= 15 is 0 Å². The van der Waals surface area contributed by atoms with Crippen molar-refractivity contribution in [3.8, 4) is 11.4 Å². The van der Waals surface area contributed by atoms with E-state index in [2.05, 4.69) is 10.3 Å². The lowest BCUT2D eigenvalue weighted by atomic mass is 10.1. The van der Waals surface area contributed by atoms with Gasteiger partial charge in [0, 0.05) is 44.7 Å². The fourth-order valence-electron chi connectivity index (χ4n) is 4.36. The summed E-state index contributed by atoms with van der Waals surface area (Å²) in [5, 5.41) is 8.59. The molecular formula is C26H25ClN6O3S. The quantitative estimate of drug-likeness (QED) is 0.319. The lowest BCUT2D eigenvalue weighted by Crippen LogP contribution is -2.50. The maximum Gasteiger partial charge on any atom is 0.255 e. The van der Waals surface area contributed by atoms with Crippen LogP contribution in [-0.4, -0.2) is 62.3 Å². The second-order valence-electron chi connectivity index (χ2n) is 8.66. The third kappa shape index (κ3) is 5.35. The number of Topliss-reactive ketones (excluding diaryl/α,β-unsaturated/α-hetero) is 1. The minimum atomic E-state index is -0.146. The molecule has 0 saturated carbocycles. The van der Waals surface area contributed by atoms with Crippen molar-refractivity contribution in [3.63, 3.8) is 0 Å². The molecule has 4 aromatic rings. The van der Waals surface area contributed by atoms with Crippen molar-refractivity contribution in [1.82, 2.24) is 24.5 Å². The molecule has 0 atom stereocenters. The topological polar surface area (TPSA) is 93.3 Å². The molecule has 0 N–H and O–H groups in total. The number of hydrogen-bond donors (Lipinski definition) is 0. The van der Waals surface area contributed by atoms with Gasteiger partial charge in [0.05, 0.1) is 44.7 Å². The summed E-state index contributed by atoms with van der Waals surface area (Å²) in [7, 11) is 0. The smallest absolute Gasteiger partial charge is 0.255 e. The fourth-order valence-corrected chi connectivity index (χ4v) is 5.37. The summed E-state index contributed by atoms with van der Waals surface area (Å²) in [5.41, 5.74) is 2.74. The number of aromatic nitrogens is 4. The van der Waals surface area contributed by atoms with Crippen LogP contribution in [0.1, 0.15) is 28.7 Å². The minimum Gasteiger partial charge on any atom is -0.359 e. The van der Waals surface area contributed by atoms with Gasteiger partial charge in [-0.2, -0.15) is 0 Å². The highest BCUT2D eigenvalue weighted by atomic mass is 35.5. The molecule has 0 aliphatic carbocycles. The normalized spacial score (nSPS) is 13.8. The van der Waals surface area contributed by atoms with E-state index in [9.17, 15) is 14.4 Å². The fraction of sp³-hybridized carbons (Fsp3) is 0.269. The molecule has 1 amide bonds. The first-order valence-electron chi connectivity index (χ1n) is 12.0. The molecular weight excluding hydrogens is 512 g/mol. The Morgan fingerprint density at radius 3 is 2.68 bits per heavy atom. The summed E-state index contributed by atoms with van der Waals surface area (Å²) in [4.78, 5) is 42.1. The number of ketones is 1. The number of nitrogens with zero attached hydrogens (tertiary/aromatic N) is 6. The molecule has 1 fully saturated rings. The van der Waals surface area contributed by atoms with Gasteiger partial charge in [0.25, 0.3) is 5.56 Å². The first-order chi connectivity index (χ1) is 17.9. The second kappa shape index (κ2) is 10.7. The molecule has 1 aromatic carbocycles.